The molecule has 1 aromatic heterocycles. The van der Waals surface area contributed by atoms with E-state index in [4.69, 9.17) is 11.5 Å². The molecule has 0 spiro atoms. The Bertz CT molecular complexity index is 430. The molecule has 2 amide bonds. The maximum atomic E-state index is 10.7. The molecule has 0 fully saturated rings. The minimum absolute atomic E-state index is 0.372. The van der Waals surface area contributed by atoms with Crippen molar-refractivity contribution in [1.29, 1.82) is 0 Å². The molecule has 0 saturated heterocycles. The molecule has 0 saturated carbocycles. The smallest absolute Gasteiger partial charge is 0.241 e. The van der Waals surface area contributed by atoms with Crippen LogP contribution in [0.4, 0.5) is 0 Å². The van der Waals surface area contributed by atoms with Crippen molar-refractivity contribution in [3.05, 3.63) is 48.6 Å². The van der Waals surface area contributed by atoms with E-state index in [1.54, 1.807) is 0 Å². The fraction of sp³-hybridized carbons (Fsp3) is 0.0909. The van der Waals surface area contributed by atoms with Crippen molar-refractivity contribution in [2.24, 2.45) is 11.5 Å². The summed E-state index contributed by atoms with van der Waals surface area (Å²) in [6.07, 6.45) is 10.0. The Kier molecular flexibility index (Phi) is 4.56. The maximum Gasteiger partial charge on any atom is 0.241 e. The summed E-state index contributed by atoms with van der Waals surface area (Å²) in [5.74, 6) is -1.53. The van der Waals surface area contributed by atoms with Crippen molar-refractivity contribution < 1.29 is 9.59 Å². The minimum Gasteiger partial charge on any atom is -0.366 e. The van der Waals surface area contributed by atoms with E-state index < -0.39 is 11.8 Å². The van der Waals surface area contributed by atoms with E-state index in [1.165, 1.54) is 42.9 Å². The van der Waals surface area contributed by atoms with Crippen molar-refractivity contribution >= 4 is 11.8 Å². The number of allylic oxidation sites excluding steroid dienone is 2. The van der Waals surface area contributed by atoms with Crippen LogP contribution in [0.25, 0.3) is 0 Å². The quantitative estimate of drug-likeness (QED) is 0.675. The molecule has 0 aromatic carbocycles. The first-order valence-electron chi connectivity index (χ1n) is 4.81. The first kappa shape index (κ1) is 12.6. The van der Waals surface area contributed by atoms with Crippen LogP contribution in [0.3, 0.4) is 0 Å². The fourth-order valence-corrected chi connectivity index (χ4v) is 1.14. The third-order valence-electron chi connectivity index (χ3n) is 1.86. The zero-order chi connectivity index (χ0) is 12.7. The lowest BCUT2D eigenvalue weighted by Crippen LogP contribution is -2.08. The van der Waals surface area contributed by atoms with Gasteiger partial charge >= 0.3 is 0 Å². The van der Waals surface area contributed by atoms with Gasteiger partial charge in [-0.3, -0.25) is 19.6 Å². The van der Waals surface area contributed by atoms with E-state index in [0.29, 0.717) is 5.69 Å². The van der Waals surface area contributed by atoms with Crippen LogP contribution in [0, 0.1) is 0 Å². The molecule has 0 atom stereocenters. The molecule has 17 heavy (non-hydrogen) atoms. The fourth-order valence-electron chi connectivity index (χ4n) is 1.14. The second-order valence-corrected chi connectivity index (χ2v) is 3.18. The van der Waals surface area contributed by atoms with Gasteiger partial charge in [-0.25, -0.2) is 0 Å². The molecular formula is C11H12N4O2. The van der Waals surface area contributed by atoms with Crippen LogP contribution >= 0.6 is 0 Å². The molecule has 1 aromatic rings. The summed E-state index contributed by atoms with van der Waals surface area (Å²) in [7, 11) is 0. The zero-order valence-electron chi connectivity index (χ0n) is 8.98. The van der Waals surface area contributed by atoms with Gasteiger partial charge in [0.15, 0.2) is 0 Å². The number of hydrogen-bond acceptors (Lipinski definition) is 4. The number of carbonyl (C=O) groups excluding carboxylic acids is 2. The Labute approximate surface area is 98.0 Å². The summed E-state index contributed by atoms with van der Waals surface area (Å²) < 4.78 is 0. The number of nitrogens with two attached hydrogens (primary N) is 2. The normalized spacial score (nSPS) is 11.4. The largest absolute Gasteiger partial charge is 0.366 e. The van der Waals surface area contributed by atoms with E-state index in [0.717, 1.165) is 0 Å². The Morgan fingerprint density at radius 3 is 2.12 bits per heavy atom. The molecule has 88 valence electrons. The monoisotopic (exact) mass is 232 g/mol. The van der Waals surface area contributed by atoms with Crippen LogP contribution in [0.2, 0.25) is 0 Å². The van der Waals surface area contributed by atoms with Gasteiger partial charge in [0.05, 0.1) is 5.69 Å². The van der Waals surface area contributed by atoms with Crippen molar-refractivity contribution in [3.8, 4) is 0 Å². The van der Waals surface area contributed by atoms with E-state index >= 15 is 0 Å². The third-order valence-corrected chi connectivity index (χ3v) is 1.86. The van der Waals surface area contributed by atoms with Gasteiger partial charge in [-0.2, -0.15) is 0 Å². The van der Waals surface area contributed by atoms with Gasteiger partial charge in [0.2, 0.25) is 11.8 Å². The van der Waals surface area contributed by atoms with Crippen molar-refractivity contribution in [1.82, 2.24) is 9.97 Å². The Hall–Kier alpha value is -2.50. The van der Waals surface area contributed by atoms with E-state index in [9.17, 15) is 9.59 Å². The number of amides is 2. The number of hydrogen-bond donors (Lipinski definition) is 2. The molecule has 0 aliphatic rings. The average Bonchev–Trinajstić information content (AvgIpc) is 2.29. The van der Waals surface area contributed by atoms with E-state index in [2.05, 4.69) is 9.97 Å². The van der Waals surface area contributed by atoms with E-state index in [1.807, 2.05) is 0 Å². The predicted molar refractivity (Wildman–Crippen MR) is 61.4 cm³/mol. The summed E-state index contributed by atoms with van der Waals surface area (Å²) in [6, 6.07) is 0. The first-order chi connectivity index (χ1) is 8.09. The predicted octanol–water partition coefficient (Wildman–Crippen LogP) is -0.357. The molecule has 1 heterocycles. The number of nitrogens with zero attached hydrogens (tertiary/aromatic N) is 2. The van der Waals surface area contributed by atoms with Crippen LogP contribution in [-0.2, 0) is 9.59 Å². The highest BCUT2D eigenvalue weighted by molar-refractivity contribution is 5.87. The van der Waals surface area contributed by atoms with Crippen molar-refractivity contribution in [3.63, 3.8) is 0 Å². The van der Waals surface area contributed by atoms with Gasteiger partial charge in [0, 0.05) is 24.5 Å². The number of carbonyl (C=O) groups is 2. The highest BCUT2D eigenvalue weighted by atomic mass is 16.1. The number of rotatable bonds is 5. The molecule has 0 radical (unpaired) electrons. The van der Waals surface area contributed by atoms with Crippen molar-refractivity contribution in [2.75, 3.05) is 0 Å². The molecule has 0 bridgehead atoms. The molecule has 0 aliphatic carbocycles. The SMILES string of the molecule is NC(=O)/C=C/C(/C=C/C(N)=O)c1cnccn1. The van der Waals surface area contributed by atoms with Crippen molar-refractivity contribution in [2.45, 2.75) is 5.92 Å². The topological polar surface area (TPSA) is 112 Å². The number of primary amides is 2. The zero-order valence-corrected chi connectivity index (χ0v) is 8.98. The highest BCUT2D eigenvalue weighted by Crippen LogP contribution is 2.15. The second kappa shape index (κ2) is 6.16. The van der Waals surface area contributed by atoms with E-state index in [-0.39, 0.29) is 5.92 Å². The molecule has 6 heteroatoms. The van der Waals surface area contributed by atoms with Crippen LogP contribution in [0.5, 0.6) is 0 Å². The van der Waals surface area contributed by atoms with Gasteiger partial charge in [-0.1, -0.05) is 12.2 Å². The van der Waals surface area contributed by atoms with Crippen LogP contribution in [0.1, 0.15) is 11.6 Å². The standard InChI is InChI=1S/C11H12N4O2/c12-10(16)3-1-8(2-4-11(13)17)9-7-14-5-6-15-9/h1-8H,(H2,12,16)(H2,13,17)/b3-1+,4-2+. The van der Waals surface area contributed by atoms with Gasteiger partial charge in [0.1, 0.15) is 0 Å². The molecule has 0 aliphatic heterocycles. The summed E-state index contributed by atoms with van der Waals surface area (Å²) in [5.41, 5.74) is 10.6. The molecular weight excluding hydrogens is 220 g/mol. The summed E-state index contributed by atoms with van der Waals surface area (Å²) >= 11 is 0. The van der Waals surface area contributed by atoms with Gasteiger partial charge in [0.25, 0.3) is 0 Å². The van der Waals surface area contributed by atoms with Crippen LogP contribution in [-0.4, -0.2) is 21.8 Å². The summed E-state index contributed by atoms with van der Waals surface area (Å²) in [5, 5.41) is 0. The minimum atomic E-state index is -0.577. The van der Waals surface area contributed by atoms with Gasteiger partial charge in [-0.05, 0) is 12.2 Å². The van der Waals surface area contributed by atoms with Gasteiger partial charge in [-0.15, -0.1) is 0 Å². The lowest BCUT2D eigenvalue weighted by Gasteiger charge is -2.05. The van der Waals surface area contributed by atoms with Crippen LogP contribution in [0.15, 0.2) is 42.9 Å². The second-order valence-electron chi connectivity index (χ2n) is 3.18. The summed E-state index contributed by atoms with van der Waals surface area (Å²) in [6.45, 7) is 0. The van der Waals surface area contributed by atoms with Crippen LogP contribution < -0.4 is 11.5 Å². The third kappa shape index (κ3) is 4.70. The summed E-state index contributed by atoms with van der Waals surface area (Å²) in [4.78, 5) is 29.3. The van der Waals surface area contributed by atoms with Gasteiger partial charge < -0.3 is 11.5 Å². The Morgan fingerprint density at radius 2 is 1.71 bits per heavy atom. The molecule has 4 N–H and O–H groups in total. The molecule has 6 nitrogen and oxygen atoms in total. The molecule has 1 rings (SSSR count). The Morgan fingerprint density at radius 1 is 1.12 bits per heavy atom. The Balaban J connectivity index is 2.94. The molecule has 0 unspecified atom stereocenters. The highest BCUT2D eigenvalue weighted by Gasteiger charge is 2.06. The lowest BCUT2D eigenvalue weighted by molar-refractivity contribution is -0.114. The average molecular weight is 232 g/mol. The lowest BCUT2D eigenvalue weighted by atomic mass is 10.0. The maximum absolute atomic E-state index is 10.7. The number of aromatic nitrogens is 2. The first-order valence-corrected chi connectivity index (χ1v) is 4.81.